The van der Waals surface area contributed by atoms with Gasteiger partial charge in [-0.25, -0.2) is 0 Å². The van der Waals surface area contributed by atoms with E-state index in [2.05, 4.69) is 28.9 Å². The van der Waals surface area contributed by atoms with Crippen molar-refractivity contribution in [1.82, 2.24) is 10.2 Å². The van der Waals surface area contributed by atoms with E-state index in [1.165, 1.54) is 12.8 Å². The Morgan fingerprint density at radius 3 is 2.60 bits per heavy atom. The second kappa shape index (κ2) is 6.99. The lowest BCUT2D eigenvalue weighted by molar-refractivity contribution is -0.0498. The van der Waals surface area contributed by atoms with E-state index >= 15 is 0 Å². The summed E-state index contributed by atoms with van der Waals surface area (Å²) in [5.41, 5.74) is 1.10. The number of alkyl halides is 2. The minimum absolute atomic E-state index is 0.205. The standard InChI is InChI=1S/C15H22F2N2O/c1-11(19(2)10-13-4-3-9-18-13)12-5-7-14(8-6-12)20-15(16)17/h5-8,11,13,15,18H,3-4,9-10H2,1-2H3. The number of hydrogen-bond donors (Lipinski definition) is 1. The quantitative estimate of drug-likeness (QED) is 0.869. The Hall–Kier alpha value is -1.20. The lowest BCUT2D eigenvalue weighted by Gasteiger charge is -2.28. The summed E-state index contributed by atoms with van der Waals surface area (Å²) in [6.07, 6.45) is 2.46. The van der Waals surface area contributed by atoms with Crippen molar-refractivity contribution >= 4 is 0 Å². The van der Waals surface area contributed by atoms with Gasteiger partial charge in [0.15, 0.2) is 0 Å². The van der Waals surface area contributed by atoms with Crippen molar-refractivity contribution in [3.63, 3.8) is 0 Å². The van der Waals surface area contributed by atoms with Gasteiger partial charge in [0.05, 0.1) is 0 Å². The van der Waals surface area contributed by atoms with Crippen molar-refractivity contribution in [2.24, 2.45) is 0 Å². The van der Waals surface area contributed by atoms with Gasteiger partial charge in [-0.2, -0.15) is 8.78 Å². The van der Waals surface area contributed by atoms with Crippen molar-refractivity contribution in [2.75, 3.05) is 20.1 Å². The molecule has 1 saturated heterocycles. The third kappa shape index (κ3) is 4.15. The molecule has 0 aliphatic carbocycles. The average Bonchev–Trinajstić information content (AvgIpc) is 2.91. The molecule has 1 aliphatic heterocycles. The summed E-state index contributed by atoms with van der Waals surface area (Å²) in [5.74, 6) is 0.205. The molecule has 5 heteroatoms. The van der Waals surface area contributed by atoms with Crippen LogP contribution in [0.3, 0.4) is 0 Å². The van der Waals surface area contributed by atoms with Crippen molar-refractivity contribution < 1.29 is 13.5 Å². The third-order valence-corrected chi connectivity index (χ3v) is 3.92. The Morgan fingerprint density at radius 1 is 1.35 bits per heavy atom. The van der Waals surface area contributed by atoms with Gasteiger partial charge in [-0.15, -0.1) is 0 Å². The molecule has 1 aromatic rings. The van der Waals surface area contributed by atoms with Crippen LogP contribution in [0.15, 0.2) is 24.3 Å². The molecule has 2 unspecified atom stereocenters. The van der Waals surface area contributed by atoms with Crippen LogP contribution in [-0.2, 0) is 0 Å². The molecule has 1 fully saturated rings. The second-order valence-electron chi connectivity index (χ2n) is 5.36. The van der Waals surface area contributed by atoms with E-state index in [1.54, 1.807) is 12.1 Å². The first-order chi connectivity index (χ1) is 9.56. The Balaban J connectivity index is 1.91. The maximum Gasteiger partial charge on any atom is 0.387 e. The predicted molar refractivity (Wildman–Crippen MR) is 75.1 cm³/mol. The fourth-order valence-corrected chi connectivity index (χ4v) is 2.60. The van der Waals surface area contributed by atoms with Crippen LogP contribution in [0.5, 0.6) is 5.75 Å². The number of rotatable bonds is 6. The molecule has 0 bridgehead atoms. The summed E-state index contributed by atoms with van der Waals surface area (Å²) >= 11 is 0. The molecule has 1 aliphatic rings. The molecule has 2 atom stereocenters. The molecule has 1 N–H and O–H groups in total. The normalized spacial score (nSPS) is 20.6. The van der Waals surface area contributed by atoms with Crippen molar-refractivity contribution in [3.8, 4) is 5.75 Å². The van der Waals surface area contributed by atoms with Crippen LogP contribution < -0.4 is 10.1 Å². The highest BCUT2D eigenvalue weighted by molar-refractivity contribution is 5.29. The molecule has 0 saturated carbocycles. The molecule has 20 heavy (non-hydrogen) atoms. The van der Waals surface area contributed by atoms with Crippen LogP contribution in [0.4, 0.5) is 8.78 Å². The zero-order valence-electron chi connectivity index (χ0n) is 12.0. The number of halogens is 2. The predicted octanol–water partition coefficient (Wildman–Crippen LogP) is 3.03. The molecule has 0 spiro atoms. The molecule has 0 aromatic heterocycles. The SMILES string of the molecule is CC(c1ccc(OC(F)F)cc1)N(C)CC1CCCN1. The van der Waals surface area contributed by atoms with E-state index in [0.717, 1.165) is 18.7 Å². The van der Waals surface area contributed by atoms with Gasteiger partial charge in [0.25, 0.3) is 0 Å². The van der Waals surface area contributed by atoms with Crippen LogP contribution in [0.2, 0.25) is 0 Å². The highest BCUT2D eigenvalue weighted by Gasteiger charge is 2.19. The number of nitrogens with one attached hydrogen (secondary N) is 1. The Labute approximate surface area is 118 Å². The molecule has 0 radical (unpaired) electrons. The van der Waals surface area contributed by atoms with E-state index in [1.807, 2.05) is 12.1 Å². The maximum absolute atomic E-state index is 12.1. The summed E-state index contributed by atoms with van der Waals surface area (Å²) < 4.78 is 28.6. The highest BCUT2D eigenvalue weighted by atomic mass is 19.3. The van der Waals surface area contributed by atoms with Crippen molar-refractivity contribution in [3.05, 3.63) is 29.8 Å². The van der Waals surface area contributed by atoms with Gasteiger partial charge in [0.1, 0.15) is 5.75 Å². The van der Waals surface area contributed by atoms with Crippen LogP contribution >= 0.6 is 0 Å². The van der Waals surface area contributed by atoms with Crippen LogP contribution in [-0.4, -0.2) is 37.7 Å². The number of likely N-dealkylation sites (N-methyl/N-ethyl adjacent to an activating group) is 1. The Morgan fingerprint density at radius 2 is 2.05 bits per heavy atom. The number of benzene rings is 1. The second-order valence-corrected chi connectivity index (χ2v) is 5.36. The highest BCUT2D eigenvalue weighted by Crippen LogP contribution is 2.23. The molecule has 1 heterocycles. The minimum atomic E-state index is -2.77. The summed E-state index contributed by atoms with van der Waals surface area (Å²) in [4.78, 5) is 2.28. The number of hydrogen-bond acceptors (Lipinski definition) is 3. The summed E-state index contributed by atoms with van der Waals surface area (Å²) in [7, 11) is 2.09. The van der Waals surface area contributed by atoms with Crippen LogP contribution in [0.25, 0.3) is 0 Å². The topological polar surface area (TPSA) is 24.5 Å². The van der Waals surface area contributed by atoms with Gasteiger partial charge in [-0.05, 0) is 51.1 Å². The lowest BCUT2D eigenvalue weighted by Crippen LogP contribution is -2.36. The van der Waals surface area contributed by atoms with E-state index in [9.17, 15) is 8.78 Å². The van der Waals surface area contributed by atoms with Gasteiger partial charge in [-0.1, -0.05) is 12.1 Å². The zero-order valence-corrected chi connectivity index (χ0v) is 12.0. The fraction of sp³-hybridized carbons (Fsp3) is 0.600. The van der Waals surface area contributed by atoms with Crippen molar-refractivity contribution in [2.45, 2.75) is 38.5 Å². The zero-order chi connectivity index (χ0) is 14.5. The van der Waals surface area contributed by atoms with Gasteiger partial charge in [-0.3, -0.25) is 4.90 Å². The van der Waals surface area contributed by atoms with Gasteiger partial charge in [0.2, 0.25) is 0 Å². The van der Waals surface area contributed by atoms with Crippen LogP contribution in [0.1, 0.15) is 31.4 Å². The maximum atomic E-state index is 12.1. The summed E-state index contributed by atoms with van der Waals surface area (Å²) in [5, 5.41) is 3.48. The summed E-state index contributed by atoms with van der Waals surface area (Å²) in [6.45, 7) is 1.45. The van der Waals surface area contributed by atoms with Gasteiger partial charge in [0, 0.05) is 18.6 Å². The van der Waals surface area contributed by atoms with E-state index in [0.29, 0.717) is 6.04 Å². The number of nitrogens with zero attached hydrogens (tertiary/aromatic N) is 1. The van der Waals surface area contributed by atoms with Gasteiger partial charge < -0.3 is 10.1 Å². The Kier molecular flexibility index (Phi) is 5.31. The average molecular weight is 284 g/mol. The van der Waals surface area contributed by atoms with Gasteiger partial charge >= 0.3 is 6.61 Å². The van der Waals surface area contributed by atoms with E-state index < -0.39 is 6.61 Å². The molecule has 1 aromatic carbocycles. The monoisotopic (exact) mass is 284 g/mol. The first-order valence-electron chi connectivity index (χ1n) is 7.04. The third-order valence-electron chi connectivity index (χ3n) is 3.92. The largest absolute Gasteiger partial charge is 0.435 e. The molecule has 2 rings (SSSR count). The smallest absolute Gasteiger partial charge is 0.387 e. The fourth-order valence-electron chi connectivity index (χ4n) is 2.60. The van der Waals surface area contributed by atoms with Crippen LogP contribution in [0, 0.1) is 0 Å². The van der Waals surface area contributed by atoms with E-state index in [-0.39, 0.29) is 11.8 Å². The molecular weight excluding hydrogens is 262 g/mol. The number of ether oxygens (including phenoxy) is 1. The van der Waals surface area contributed by atoms with Crippen molar-refractivity contribution in [1.29, 1.82) is 0 Å². The minimum Gasteiger partial charge on any atom is -0.435 e. The first kappa shape index (κ1) is 15.2. The summed E-state index contributed by atoms with van der Waals surface area (Å²) in [6, 6.07) is 7.70. The molecular formula is C15H22F2N2O. The Bertz CT molecular complexity index is 405. The first-order valence-corrected chi connectivity index (χ1v) is 7.04. The lowest BCUT2D eigenvalue weighted by atomic mass is 10.1. The molecule has 112 valence electrons. The van der Waals surface area contributed by atoms with E-state index in [4.69, 9.17) is 0 Å². The molecule has 3 nitrogen and oxygen atoms in total. The molecule has 0 amide bonds.